The predicted molar refractivity (Wildman–Crippen MR) is 153 cm³/mol. The zero-order valence-corrected chi connectivity index (χ0v) is 25.0. The first-order valence-electron chi connectivity index (χ1n) is 13.6. The van der Waals surface area contributed by atoms with Crippen LogP contribution < -0.4 is 10.0 Å². The fourth-order valence-corrected chi connectivity index (χ4v) is 5.18. The third-order valence-corrected chi connectivity index (χ3v) is 7.82. The molecule has 0 atom stereocenters. The van der Waals surface area contributed by atoms with Crippen LogP contribution >= 0.6 is 11.9 Å². The molecule has 2 N–H and O–H groups in total. The molecule has 14 heteroatoms. The lowest BCUT2D eigenvalue weighted by atomic mass is 9.93. The number of pyridine rings is 1. The summed E-state index contributed by atoms with van der Waals surface area (Å²) in [6, 6.07) is 5.24. The van der Waals surface area contributed by atoms with Crippen LogP contribution in [-0.4, -0.2) is 65.9 Å². The van der Waals surface area contributed by atoms with Crippen LogP contribution in [0.3, 0.4) is 0 Å². The van der Waals surface area contributed by atoms with Crippen LogP contribution in [0.2, 0.25) is 0 Å². The number of nitrogens with zero attached hydrogens (tertiary/aromatic N) is 3. The van der Waals surface area contributed by atoms with Gasteiger partial charge in [0, 0.05) is 42.7 Å². The first-order valence-corrected chi connectivity index (χ1v) is 14.4. The van der Waals surface area contributed by atoms with E-state index in [0.717, 1.165) is 17.2 Å². The van der Waals surface area contributed by atoms with Crippen molar-refractivity contribution in [3.8, 4) is 0 Å². The zero-order valence-electron chi connectivity index (χ0n) is 24.2. The SMILES string of the molecule is CNSc1ccc(C(=O)N2CCC3=C(CCN(C(=O)OCc4ncc(C(F)(F)F)cc4NC(=O)C(C)(C)C)C3)C2)c(F)c1. The summed E-state index contributed by atoms with van der Waals surface area (Å²) in [5, 5.41) is 2.47. The van der Waals surface area contributed by atoms with E-state index in [1.165, 1.54) is 29.0 Å². The summed E-state index contributed by atoms with van der Waals surface area (Å²) in [7, 11) is 1.72. The Morgan fingerprint density at radius 3 is 2.28 bits per heavy atom. The normalized spacial score (nSPS) is 15.7. The molecule has 232 valence electrons. The largest absolute Gasteiger partial charge is 0.443 e. The topological polar surface area (TPSA) is 104 Å². The average Bonchev–Trinajstić information content (AvgIpc) is 2.94. The van der Waals surface area contributed by atoms with Gasteiger partial charge >= 0.3 is 12.3 Å². The summed E-state index contributed by atoms with van der Waals surface area (Å²) in [6.45, 7) is 5.66. The minimum Gasteiger partial charge on any atom is -0.443 e. The minimum absolute atomic E-state index is 0.000418. The third kappa shape index (κ3) is 7.85. The van der Waals surface area contributed by atoms with Crippen LogP contribution in [0.5, 0.6) is 0 Å². The van der Waals surface area contributed by atoms with Gasteiger partial charge in [0.1, 0.15) is 18.1 Å². The molecule has 0 saturated heterocycles. The summed E-state index contributed by atoms with van der Waals surface area (Å²) in [4.78, 5) is 46.0. The van der Waals surface area contributed by atoms with E-state index in [0.29, 0.717) is 43.6 Å². The molecule has 0 radical (unpaired) electrons. The zero-order chi connectivity index (χ0) is 31.5. The lowest BCUT2D eigenvalue weighted by Gasteiger charge is -2.37. The molecular weight excluding hydrogens is 590 g/mol. The Morgan fingerprint density at radius 1 is 1.02 bits per heavy atom. The van der Waals surface area contributed by atoms with E-state index in [-0.39, 0.29) is 23.5 Å². The molecule has 1 aromatic carbocycles. The number of amides is 3. The van der Waals surface area contributed by atoms with E-state index < -0.39 is 47.5 Å². The number of anilines is 1. The van der Waals surface area contributed by atoms with Crippen LogP contribution in [-0.2, 0) is 22.3 Å². The van der Waals surface area contributed by atoms with Gasteiger partial charge in [0.25, 0.3) is 5.91 Å². The van der Waals surface area contributed by atoms with E-state index in [4.69, 9.17) is 4.74 Å². The van der Waals surface area contributed by atoms with Crippen molar-refractivity contribution in [2.24, 2.45) is 5.41 Å². The number of halogens is 4. The van der Waals surface area contributed by atoms with Gasteiger partial charge in [-0.3, -0.25) is 19.3 Å². The number of hydrogen-bond donors (Lipinski definition) is 2. The molecule has 3 heterocycles. The Labute approximate surface area is 251 Å². The molecule has 0 aliphatic carbocycles. The van der Waals surface area contributed by atoms with Gasteiger partial charge in [-0.25, -0.2) is 9.18 Å². The second-order valence-electron chi connectivity index (χ2n) is 11.3. The highest BCUT2D eigenvalue weighted by atomic mass is 32.2. The fraction of sp³-hybridized carbons (Fsp3) is 0.448. The third-order valence-electron chi connectivity index (χ3n) is 7.13. The van der Waals surface area contributed by atoms with Gasteiger partial charge in [-0.05, 0) is 67.2 Å². The number of carbonyl (C=O) groups is 3. The first-order chi connectivity index (χ1) is 20.2. The van der Waals surface area contributed by atoms with Crippen molar-refractivity contribution in [2.45, 2.75) is 51.3 Å². The standard InChI is InChI=1S/C29H33F4N5O4S/c1-28(2,3)26(40)36-23-11-19(29(31,32)33)13-35-24(23)16-42-27(41)38-10-8-17-14-37(9-7-18(17)15-38)25(39)21-6-5-20(43-34-4)12-22(21)30/h5-6,11-13,34H,7-10,14-16H2,1-4H3,(H,36,40). The minimum atomic E-state index is -4.67. The lowest BCUT2D eigenvalue weighted by molar-refractivity contribution is -0.137. The highest BCUT2D eigenvalue weighted by Gasteiger charge is 2.34. The molecule has 0 fully saturated rings. The van der Waals surface area contributed by atoms with Gasteiger partial charge in [0.15, 0.2) is 0 Å². The molecule has 3 amide bonds. The number of aromatic nitrogens is 1. The highest BCUT2D eigenvalue weighted by molar-refractivity contribution is 7.97. The monoisotopic (exact) mass is 623 g/mol. The Kier molecular flexibility index (Phi) is 9.70. The predicted octanol–water partition coefficient (Wildman–Crippen LogP) is 5.64. The van der Waals surface area contributed by atoms with E-state index in [2.05, 4.69) is 15.0 Å². The Bertz CT molecular complexity index is 1440. The van der Waals surface area contributed by atoms with Crippen LogP contribution in [0.25, 0.3) is 0 Å². The summed E-state index contributed by atoms with van der Waals surface area (Å²) < 4.78 is 62.7. The molecule has 43 heavy (non-hydrogen) atoms. The van der Waals surface area contributed by atoms with E-state index in [9.17, 15) is 31.9 Å². The molecule has 9 nitrogen and oxygen atoms in total. The van der Waals surface area contributed by atoms with Crippen molar-refractivity contribution < 1.29 is 36.7 Å². The lowest BCUT2D eigenvalue weighted by Crippen LogP contribution is -2.44. The summed E-state index contributed by atoms with van der Waals surface area (Å²) in [6.07, 6.45) is -3.73. The second-order valence-corrected chi connectivity index (χ2v) is 12.4. The van der Waals surface area contributed by atoms with Crippen LogP contribution in [0.15, 0.2) is 46.5 Å². The van der Waals surface area contributed by atoms with Gasteiger partial charge in [0.2, 0.25) is 5.91 Å². The summed E-state index contributed by atoms with van der Waals surface area (Å²) in [5.74, 6) is -1.51. The first kappa shape index (κ1) is 32.3. The van der Waals surface area contributed by atoms with E-state index in [1.54, 1.807) is 38.8 Å². The average molecular weight is 624 g/mol. The van der Waals surface area contributed by atoms with Gasteiger partial charge < -0.3 is 19.9 Å². The quantitative estimate of drug-likeness (QED) is 0.244. The van der Waals surface area contributed by atoms with Crippen LogP contribution in [0, 0.1) is 11.2 Å². The van der Waals surface area contributed by atoms with Crippen molar-refractivity contribution >= 4 is 35.5 Å². The molecule has 0 unspecified atom stereocenters. The number of alkyl halides is 3. The van der Waals surface area contributed by atoms with Gasteiger partial charge in [-0.1, -0.05) is 20.8 Å². The second kappa shape index (κ2) is 12.9. The maximum absolute atomic E-state index is 14.6. The van der Waals surface area contributed by atoms with Crippen molar-refractivity contribution in [1.29, 1.82) is 0 Å². The molecular formula is C29H33F4N5O4S. The number of hydrogen-bond acceptors (Lipinski definition) is 7. The number of carbonyl (C=O) groups excluding carboxylic acids is 3. The number of rotatable bonds is 6. The van der Waals surface area contributed by atoms with Crippen molar-refractivity contribution in [3.05, 3.63) is 64.2 Å². The molecule has 4 rings (SSSR count). The van der Waals surface area contributed by atoms with E-state index >= 15 is 0 Å². The fourth-order valence-electron chi connectivity index (χ4n) is 4.65. The number of ether oxygens (including phenoxy) is 1. The molecule has 0 bridgehead atoms. The number of nitrogens with one attached hydrogen (secondary N) is 2. The Morgan fingerprint density at radius 2 is 1.67 bits per heavy atom. The van der Waals surface area contributed by atoms with Crippen molar-refractivity contribution in [2.75, 3.05) is 38.5 Å². The molecule has 2 aliphatic rings. The van der Waals surface area contributed by atoms with Crippen molar-refractivity contribution in [1.82, 2.24) is 19.5 Å². The van der Waals surface area contributed by atoms with Crippen LogP contribution in [0.4, 0.5) is 28.0 Å². The van der Waals surface area contributed by atoms with Gasteiger partial charge in [-0.2, -0.15) is 13.2 Å². The van der Waals surface area contributed by atoms with Gasteiger partial charge in [-0.15, -0.1) is 0 Å². The molecule has 0 saturated carbocycles. The highest BCUT2D eigenvalue weighted by Crippen LogP contribution is 2.33. The summed E-state index contributed by atoms with van der Waals surface area (Å²) in [5.41, 5.74) is -0.142. The molecule has 2 aromatic rings. The molecule has 2 aliphatic heterocycles. The smallest absolute Gasteiger partial charge is 0.417 e. The Hall–Kier alpha value is -3.65. The van der Waals surface area contributed by atoms with Crippen molar-refractivity contribution in [3.63, 3.8) is 0 Å². The van der Waals surface area contributed by atoms with Gasteiger partial charge in [0.05, 0.1) is 16.8 Å². The maximum atomic E-state index is 14.6. The van der Waals surface area contributed by atoms with Crippen LogP contribution in [0.1, 0.15) is 55.2 Å². The Balaban J connectivity index is 1.39. The molecule has 1 aromatic heterocycles. The molecule has 0 spiro atoms. The maximum Gasteiger partial charge on any atom is 0.417 e. The van der Waals surface area contributed by atoms with E-state index in [1.807, 2.05) is 0 Å². The number of benzene rings is 1. The summed E-state index contributed by atoms with van der Waals surface area (Å²) >= 11 is 1.24.